The average Bonchev–Trinajstić information content (AvgIpc) is 3.19. The molecule has 1 aliphatic rings. The number of likely N-dealkylation sites (tertiary alicyclic amines) is 1. The molecule has 29 heavy (non-hydrogen) atoms. The zero-order valence-electron chi connectivity index (χ0n) is 15.4. The Balaban J connectivity index is 2.03. The van der Waals surface area contributed by atoms with Crippen LogP contribution in [0.2, 0.25) is 0 Å². The number of hydrogen-bond acceptors (Lipinski definition) is 4. The molecule has 1 fully saturated rings. The minimum absolute atomic E-state index is 0.0487. The van der Waals surface area contributed by atoms with Gasteiger partial charge in [0, 0.05) is 10.1 Å². The summed E-state index contributed by atoms with van der Waals surface area (Å²) in [5, 5.41) is 9.71. The second kappa shape index (κ2) is 7.62. The molecule has 0 spiro atoms. The molecule has 0 saturated carbocycles. The maximum Gasteiger partial charge on any atom is 0.407 e. The van der Waals surface area contributed by atoms with Crippen LogP contribution in [0.5, 0.6) is 5.75 Å². The third kappa shape index (κ3) is 3.43. The molecule has 1 saturated heterocycles. The monoisotopic (exact) mass is 509 g/mol. The highest BCUT2D eigenvalue weighted by Gasteiger charge is 2.34. The van der Waals surface area contributed by atoms with Gasteiger partial charge in [-0.1, -0.05) is 0 Å². The van der Waals surface area contributed by atoms with Crippen molar-refractivity contribution >= 4 is 39.6 Å². The number of carbonyl (C=O) groups is 1. The molecule has 9 heteroatoms. The zero-order chi connectivity index (χ0) is 20.7. The Morgan fingerprint density at radius 2 is 2.03 bits per heavy atom. The molecule has 2 heterocycles. The third-order valence-corrected chi connectivity index (χ3v) is 5.67. The predicted molar refractivity (Wildman–Crippen MR) is 113 cm³/mol. The zero-order valence-corrected chi connectivity index (χ0v) is 17.6. The van der Waals surface area contributed by atoms with Gasteiger partial charge in [-0.3, -0.25) is 14.3 Å². The molecule has 1 aromatic heterocycles. The maximum atomic E-state index is 14.6. The quantitative estimate of drug-likeness (QED) is 0.541. The summed E-state index contributed by atoms with van der Waals surface area (Å²) in [6, 6.07) is 9.06. The molecule has 0 aliphatic carbocycles. The number of carboxylic acid groups (broad SMARTS) is 1. The van der Waals surface area contributed by atoms with E-state index in [-0.39, 0.29) is 16.7 Å². The fraction of sp³-hybridized carbons (Fsp3) is 0.250. The summed E-state index contributed by atoms with van der Waals surface area (Å²) >= 11 is 1.95. The van der Waals surface area contributed by atoms with Crippen LogP contribution in [0.15, 0.2) is 41.2 Å². The van der Waals surface area contributed by atoms with E-state index in [9.17, 15) is 19.1 Å². The van der Waals surface area contributed by atoms with Crippen molar-refractivity contribution in [3.05, 3.63) is 62.0 Å². The molecule has 0 unspecified atom stereocenters. The number of aromatic nitrogens is 2. The minimum atomic E-state index is -1.09. The second-order valence-electron chi connectivity index (χ2n) is 6.73. The number of nitrogens with zero attached hydrogens (tertiary/aromatic N) is 3. The largest absolute Gasteiger partial charge is 0.497 e. The number of fused-ring (bicyclic) bond motifs is 1. The summed E-state index contributed by atoms with van der Waals surface area (Å²) in [5.41, 5.74) is 0.0222. The lowest BCUT2D eigenvalue weighted by Gasteiger charge is -2.24. The van der Waals surface area contributed by atoms with Crippen molar-refractivity contribution in [1.82, 2.24) is 14.5 Å². The molecule has 1 atom stereocenters. The summed E-state index contributed by atoms with van der Waals surface area (Å²) in [6.07, 6.45) is 0.0564. The summed E-state index contributed by atoms with van der Waals surface area (Å²) in [6.45, 7) is 0.339. The van der Waals surface area contributed by atoms with E-state index >= 15 is 0 Å². The molecule has 1 amide bonds. The number of ether oxygens (including phenoxy) is 1. The Morgan fingerprint density at radius 3 is 2.69 bits per heavy atom. The lowest BCUT2D eigenvalue weighted by molar-refractivity contribution is 0.138. The van der Waals surface area contributed by atoms with Gasteiger partial charge in [0.25, 0.3) is 5.56 Å². The van der Waals surface area contributed by atoms with Gasteiger partial charge in [0.05, 0.1) is 24.2 Å². The number of amides is 1. The molecule has 7 nitrogen and oxygen atoms in total. The van der Waals surface area contributed by atoms with Gasteiger partial charge in [-0.25, -0.2) is 14.2 Å². The van der Waals surface area contributed by atoms with Crippen molar-refractivity contribution in [3.8, 4) is 11.4 Å². The van der Waals surface area contributed by atoms with Crippen molar-refractivity contribution in [2.75, 3.05) is 13.7 Å². The molecular formula is C20H17FIN3O4. The van der Waals surface area contributed by atoms with Crippen LogP contribution in [0.4, 0.5) is 9.18 Å². The molecule has 2 aromatic carbocycles. The first-order valence-electron chi connectivity index (χ1n) is 8.96. The topological polar surface area (TPSA) is 84.7 Å². The summed E-state index contributed by atoms with van der Waals surface area (Å²) in [7, 11) is 1.54. The van der Waals surface area contributed by atoms with Gasteiger partial charge in [0.1, 0.15) is 17.1 Å². The van der Waals surface area contributed by atoms with Crippen LogP contribution in [-0.4, -0.2) is 39.3 Å². The fourth-order valence-electron chi connectivity index (χ4n) is 3.70. The van der Waals surface area contributed by atoms with E-state index in [2.05, 4.69) is 4.98 Å². The van der Waals surface area contributed by atoms with E-state index in [0.29, 0.717) is 34.4 Å². The van der Waals surface area contributed by atoms with Crippen LogP contribution < -0.4 is 10.3 Å². The summed E-state index contributed by atoms with van der Waals surface area (Å²) < 4.78 is 21.8. The second-order valence-corrected chi connectivity index (χ2v) is 7.97. The van der Waals surface area contributed by atoms with E-state index in [4.69, 9.17) is 4.74 Å². The van der Waals surface area contributed by atoms with Gasteiger partial charge in [0.15, 0.2) is 5.82 Å². The van der Waals surface area contributed by atoms with Gasteiger partial charge in [-0.05, 0) is 71.8 Å². The van der Waals surface area contributed by atoms with Crippen LogP contribution in [0.3, 0.4) is 0 Å². The molecule has 0 radical (unpaired) electrons. The normalized spacial score (nSPS) is 16.4. The first-order chi connectivity index (χ1) is 13.9. The Hall–Kier alpha value is -2.69. The van der Waals surface area contributed by atoms with E-state index < -0.39 is 23.5 Å². The number of rotatable bonds is 3. The predicted octanol–water partition coefficient (Wildman–Crippen LogP) is 3.95. The number of methoxy groups -OCH3 is 1. The maximum absolute atomic E-state index is 14.6. The summed E-state index contributed by atoms with van der Waals surface area (Å²) in [5.74, 6) is 0.227. The van der Waals surface area contributed by atoms with E-state index in [0.717, 1.165) is 0 Å². The first-order valence-corrected chi connectivity index (χ1v) is 10.0. The van der Waals surface area contributed by atoms with Crippen LogP contribution in [-0.2, 0) is 0 Å². The molecule has 0 bridgehead atoms. The van der Waals surface area contributed by atoms with Crippen molar-refractivity contribution in [1.29, 1.82) is 0 Å². The van der Waals surface area contributed by atoms with E-state index in [1.807, 2.05) is 22.6 Å². The molecule has 4 rings (SSSR count). The van der Waals surface area contributed by atoms with Gasteiger partial charge in [-0.2, -0.15) is 0 Å². The Kier molecular flexibility index (Phi) is 5.15. The summed E-state index contributed by atoms with van der Waals surface area (Å²) in [4.78, 5) is 30.8. The van der Waals surface area contributed by atoms with Gasteiger partial charge >= 0.3 is 6.09 Å². The van der Waals surface area contributed by atoms with Crippen LogP contribution in [0.1, 0.15) is 24.7 Å². The van der Waals surface area contributed by atoms with Crippen molar-refractivity contribution < 1.29 is 19.0 Å². The highest BCUT2D eigenvalue weighted by molar-refractivity contribution is 14.1. The molecule has 3 aromatic rings. The number of halogens is 2. The Labute approximate surface area is 178 Å². The molecule has 150 valence electrons. The molecule has 1 aliphatic heterocycles. The van der Waals surface area contributed by atoms with Crippen molar-refractivity contribution in [3.63, 3.8) is 0 Å². The highest BCUT2D eigenvalue weighted by Crippen LogP contribution is 2.33. The van der Waals surface area contributed by atoms with Crippen LogP contribution in [0, 0.1) is 9.39 Å². The standard InChI is InChI=1S/C20H17FIN3O4/c1-29-13-6-4-12(5-7-13)25-18(16-3-2-8-24(16)20(27)28)23-17-14(19(25)26)9-11(22)10-15(17)21/h4-7,9-10,16H,2-3,8H2,1H3,(H,27,28)/t16-/m0/s1. The van der Waals surface area contributed by atoms with Gasteiger partial charge < -0.3 is 9.84 Å². The number of hydrogen-bond donors (Lipinski definition) is 1. The lowest BCUT2D eigenvalue weighted by atomic mass is 10.1. The van der Waals surface area contributed by atoms with Crippen LogP contribution >= 0.6 is 22.6 Å². The lowest BCUT2D eigenvalue weighted by Crippen LogP contribution is -2.34. The number of benzene rings is 2. The van der Waals surface area contributed by atoms with E-state index in [1.165, 1.54) is 22.6 Å². The van der Waals surface area contributed by atoms with Crippen molar-refractivity contribution in [2.24, 2.45) is 0 Å². The SMILES string of the molecule is COc1ccc(-n2c([C@@H]3CCCN3C(=O)O)nc3c(F)cc(I)cc3c2=O)cc1. The highest BCUT2D eigenvalue weighted by atomic mass is 127. The smallest absolute Gasteiger partial charge is 0.407 e. The average molecular weight is 509 g/mol. The van der Waals surface area contributed by atoms with E-state index in [1.54, 1.807) is 30.3 Å². The van der Waals surface area contributed by atoms with Gasteiger partial charge in [-0.15, -0.1) is 0 Å². The fourth-order valence-corrected chi connectivity index (χ4v) is 4.28. The Bertz CT molecular complexity index is 1160. The van der Waals surface area contributed by atoms with Crippen LogP contribution in [0.25, 0.3) is 16.6 Å². The Morgan fingerprint density at radius 1 is 1.31 bits per heavy atom. The third-order valence-electron chi connectivity index (χ3n) is 5.04. The van der Waals surface area contributed by atoms with Gasteiger partial charge in [0.2, 0.25) is 0 Å². The molecular weight excluding hydrogens is 492 g/mol. The minimum Gasteiger partial charge on any atom is -0.497 e. The first kappa shape index (κ1) is 19.6. The molecule has 1 N–H and O–H groups in total. The van der Waals surface area contributed by atoms with Crippen molar-refractivity contribution in [2.45, 2.75) is 18.9 Å².